The summed E-state index contributed by atoms with van der Waals surface area (Å²) in [5.74, 6) is 4.68. The molecule has 4 heteroatoms. The van der Waals surface area contributed by atoms with Crippen LogP contribution in [0.1, 0.15) is 51.0 Å². The molecule has 0 saturated heterocycles. The summed E-state index contributed by atoms with van der Waals surface area (Å²) >= 11 is 0. The molecule has 0 N–H and O–H groups in total. The van der Waals surface area contributed by atoms with Crippen LogP contribution in [0.3, 0.4) is 0 Å². The highest BCUT2D eigenvalue weighted by atomic mass is 19.4. The van der Waals surface area contributed by atoms with Crippen molar-refractivity contribution in [3.8, 4) is 11.8 Å². The summed E-state index contributed by atoms with van der Waals surface area (Å²) in [6, 6.07) is 8.63. The van der Waals surface area contributed by atoms with Gasteiger partial charge in [0, 0.05) is 12.1 Å². The van der Waals surface area contributed by atoms with Gasteiger partial charge in [0.15, 0.2) is 5.71 Å². The van der Waals surface area contributed by atoms with E-state index in [0.29, 0.717) is 12.0 Å². The van der Waals surface area contributed by atoms with Crippen LogP contribution in [-0.2, 0) is 0 Å². The normalized spacial score (nSPS) is 11.9. The van der Waals surface area contributed by atoms with E-state index in [9.17, 15) is 13.2 Å². The third-order valence-electron chi connectivity index (χ3n) is 3.15. The summed E-state index contributed by atoms with van der Waals surface area (Å²) in [6.45, 7) is 2.32. The third kappa shape index (κ3) is 7.87. The molecule has 1 rings (SSSR count). The van der Waals surface area contributed by atoms with Crippen molar-refractivity contribution in [3.63, 3.8) is 0 Å². The fraction of sp³-hybridized carbons (Fsp3) is 0.500. The van der Waals surface area contributed by atoms with Crippen molar-refractivity contribution in [2.24, 2.45) is 4.99 Å². The molecule has 0 spiro atoms. The Morgan fingerprint density at radius 1 is 1.00 bits per heavy atom. The van der Waals surface area contributed by atoms with E-state index in [0.717, 1.165) is 25.7 Å². The van der Waals surface area contributed by atoms with Gasteiger partial charge >= 0.3 is 6.18 Å². The lowest BCUT2D eigenvalue weighted by atomic mass is 10.1. The fourth-order valence-corrected chi connectivity index (χ4v) is 1.94. The summed E-state index contributed by atoms with van der Waals surface area (Å²) in [5.41, 5.74) is -0.427. The molecule has 1 nitrogen and oxygen atoms in total. The number of benzene rings is 1. The first-order valence-corrected chi connectivity index (χ1v) is 7.72. The summed E-state index contributed by atoms with van der Waals surface area (Å²) in [7, 11) is 0. The predicted octanol–water partition coefficient (Wildman–Crippen LogP) is 5.40. The number of unbranched alkanes of at least 4 members (excludes halogenated alkanes) is 5. The third-order valence-corrected chi connectivity index (χ3v) is 3.15. The maximum Gasteiger partial charge on any atom is 0.441 e. The molecule has 0 radical (unpaired) electrons. The van der Waals surface area contributed by atoms with Crippen LogP contribution in [0.2, 0.25) is 0 Å². The molecule has 22 heavy (non-hydrogen) atoms. The lowest BCUT2D eigenvalue weighted by Gasteiger charge is -2.04. The molecule has 0 heterocycles. The highest BCUT2D eigenvalue weighted by Crippen LogP contribution is 2.17. The number of nitrogens with zero attached hydrogens (tertiary/aromatic N) is 1. The minimum atomic E-state index is -4.48. The van der Waals surface area contributed by atoms with Crippen LogP contribution in [0.4, 0.5) is 13.2 Å². The number of aliphatic imine (C=N–C) groups is 1. The zero-order valence-corrected chi connectivity index (χ0v) is 12.9. The van der Waals surface area contributed by atoms with Crippen molar-refractivity contribution in [2.75, 3.05) is 6.54 Å². The van der Waals surface area contributed by atoms with Crippen molar-refractivity contribution in [1.82, 2.24) is 0 Å². The van der Waals surface area contributed by atoms with Crippen LogP contribution in [0.25, 0.3) is 0 Å². The molecular weight excluding hydrogens is 287 g/mol. The monoisotopic (exact) mass is 309 g/mol. The van der Waals surface area contributed by atoms with E-state index in [4.69, 9.17) is 0 Å². The molecule has 0 amide bonds. The van der Waals surface area contributed by atoms with Crippen molar-refractivity contribution < 1.29 is 13.2 Å². The topological polar surface area (TPSA) is 12.4 Å². The molecule has 1 aromatic rings. The lowest BCUT2D eigenvalue weighted by Crippen LogP contribution is -2.21. The average molecular weight is 309 g/mol. The smallest absolute Gasteiger partial charge is 0.272 e. The highest BCUT2D eigenvalue weighted by Gasteiger charge is 2.34. The van der Waals surface area contributed by atoms with E-state index in [2.05, 4.69) is 23.8 Å². The van der Waals surface area contributed by atoms with Gasteiger partial charge in [-0.05, 0) is 24.5 Å². The Hall–Kier alpha value is -1.76. The van der Waals surface area contributed by atoms with Gasteiger partial charge in [0.2, 0.25) is 0 Å². The molecule has 120 valence electrons. The summed E-state index contributed by atoms with van der Waals surface area (Å²) < 4.78 is 38.6. The molecule has 0 unspecified atom stereocenters. The predicted molar refractivity (Wildman–Crippen MR) is 85.1 cm³/mol. The Morgan fingerprint density at radius 2 is 1.64 bits per heavy atom. The number of halogens is 3. The molecule has 0 aromatic heterocycles. The molecule has 0 fully saturated rings. The highest BCUT2D eigenvalue weighted by molar-refractivity contribution is 6.04. The quantitative estimate of drug-likeness (QED) is 0.363. The van der Waals surface area contributed by atoms with Crippen molar-refractivity contribution in [2.45, 2.75) is 51.6 Å². The van der Waals surface area contributed by atoms with Gasteiger partial charge in [0.25, 0.3) is 0 Å². The Kier molecular flexibility index (Phi) is 8.35. The van der Waals surface area contributed by atoms with Gasteiger partial charge in [0.05, 0.1) is 0 Å². The van der Waals surface area contributed by atoms with Crippen LogP contribution >= 0.6 is 0 Å². The average Bonchev–Trinajstić information content (AvgIpc) is 2.49. The fourth-order valence-electron chi connectivity index (χ4n) is 1.94. The molecule has 0 bridgehead atoms. The van der Waals surface area contributed by atoms with Gasteiger partial charge in [0.1, 0.15) is 0 Å². The van der Waals surface area contributed by atoms with Crippen molar-refractivity contribution in [1.29, 1.82) is 0 Å². The molecule has 1 aromatic carbocycles. The largest absolute Gasteiger partial charge is 0.441 e. The Bertz CT molecular complexity index is 507. The van der Waals surface area contributed by atoms with E-state index >= 15 is 0 Å². The van der Waals surface area contributed by atoms with Crippen LogP contribution < -0.4 is 0 Å². The molecular formula is C18H22F3N. The maximum absolute atomic E-state index is 12.9. The first-order chi connectivity index (χ1) is 10.5. The summed E-state index contributed by atoms with van der Waals surface area (Å²) in [4.78, 5) is 3.65. The van der Waals surface area contributed by atoms with Gasteiger partial charge < -0.3 is 0 Å². The maximum atomic E-state index is 12.9. The zero-order chi connectivity index (χ0) is 16.3. The molecule has 0 aliphatic rings. The minimum Gasteiger partial charge on any atom is -0.272 e. The zero-order valence-electron chi connectivity index (χ0n) is 12.9. The lowest BCUT2D eigenvalue weighted by molar-refractivity contribution is -0.0573. The number of rotatable bonds is 7. The van der Waals surface area contributed by atoms with Gasteiger partial charge in [-0.25, -0.2) is 0 Å². The van der Waals surface area contributed by atoms with Gasteiger partial charge in [-0.1, -0.05) is 63.1 Å². The van der Waals surface area contributed by atoms with E-state index in [1.807, 2.05) is 0 Å². The van der Waals surface area contributed by atoms with E-state index in [1.165, 1.54) is 6.42 Å². The van der Waals surface area contributed by atoms with E-state index in [-0.39, 0.29) is 6.54 Å². The van der Waals surface area contributed by atoms with Crippen LogP contribution in [0.5, 0.6) is 0 Å². The number of hydrogen-bond donors (Lipinski definition) is 0. The van der Waals surface area contributed by atoms with Crippen molar-refractivity contribution in [3.05, 3.63) is 35.9 Å². The van der Waals surface area contributed by atoms with Crippen LogP contribution in [0.15, 0.2) is 35.3 Å². The number of alkyl halides is 3. The summed E-state index contributed by atoms with van der Waals surface area (Å²) in [6.07, 6.45) is 1.65. The van der Waals surface area contributed by atoms with Gasteiger partial charge in [-0.15, -0.1) is 0 Å². The second-order valence-corrected chi connectivity index (χ2v) is 5.11. The Morgan fingerprint density at radius 3 is 2.27 bits per heavy atom. The Balaban J connectivity index is 2.55. The SMILES string of the molecule is CCCCCCCCN=C(C#Cc1ccccc1)C(F)(F)F. The Labute approximate surface area is 130 Å². The van der Waals surface area contributed by atoms with E-state index in [1.54, 1.807) is 30.3 Å². The van der Waals surface area contributed by atoms with Gasteiger partial charge in [-0.2, -0.15) is 13.2 Å². The molecule has 0 saturated carbocycles. The number of hydrogen-bond acceptors (Lipinski definition) is 1. The molecule has 0 aliphatic carbocycles. The van der Waals surface area contributed by atoms with Crippen LogP contribution in [-0.4, -0.2) is 18.4 Å². The standard InChI is InChI=1S/C18H22F3N/c1-2-3-4-5-6-10-15-22-17(18(19,20)21)14-13-16-11-8-7-9-12-16/h7-9,11-12H,2-6,10,15H2,1H3. The second kappa shape index (κ2) is 10.0. The first-order valence-electron chi connectivity index (χ1n) is 7.72. The first kappa shape index (κ1) is 18.3. The minimum absolute atomic E-state index is 0.185. The second-order valence-electron chi connectivity index (χ2n) is 5.11. The van der Waals surface area contributed by atoms with Crippen molar-refractivity contribution >= 4 is 5.71 Å². The van der Waals surface area contributed by atoms with E-state index < -0.39 is 11.9 Å². The summed E-state index contributed by atoms with van der Waals surface area (Å²) in [5, 5.41) is 0. The van der Waals surface area contributed by atoms with Crippen LogP contribution in [0, 0.1) is 11.8 Å². The van der Waals surface area contributed by atoms with Gasteiger partial charge in [-0.3, -0.25) is 4.99 Å². The molecule has 0 aliphatic heterocycles. The molecule has 0 atom stereocenters.